The molecule has 2 aromatic carbocycles. The van der Waals surface area contributed by atoms with Gasteiger partial charge >= 0.3 is 11.9 Å². The summed E-state index contributed by atoms with van der Waals surface area (Å²) in [6.45, 7) is 2.35. The number of hydrogen-bond donors (Lipinski definition) is 0. The first-order chi connectivity index (χ1) is 14.9. The lowest BCUT2D eigenvalue weighted by molar-refractivity contribution is -0.140. The summed E-state index contributed by atoms with van der Waals surface area (Å²) in [7, 11) is -6.10. The molecule has 9 nitrogen and oxygen atoms in total. The van der Waals surface area contributed by atoms with E-state index < -0.39 is 47.9 Å². The molecule has 0 saturated carbocycles. The van der Waals surface area contributed by atoms with E-state index in [0.29, 0.717) is 0 Å². The maximum atomic E-state index is 13.0. The van der Waals surface area contributed by atoms with Crippen molar-refractivity contribution in [2.24, 2.45) is 0 Å². The molecule has 0 N–H and O–H groups in total. The van der Waals surface area contributed by atoms with Crippen LogP contribution in [0.3, 0.4) is 0 Å². The van der Waals surface area contributed by atoms with E-state index in [4.69, 9.17) is 0 Å². The first-order valence-corrected chi connectivity index (χ1v) is 12.4. The lowest BCUT2D eigenvalue weighted by atomic mass is 10.0. The Morgan fingerprint density at radius 2 is 1.03 bits per heavy atom. The van der Waals surface area contributed by atoms with E-state index in [1.54, 1.807) is 0 Å². The minimum absolute atomic E-state index is 0.0290. The van der Waals surface area contributed by atoms with Crippen molar-refractivity contribution in [2.45, 2.75) is 34.1 Å². The van der Waals surface area contributed by atoms with Gasteiger partial charge in [-0.25, -0.2) is 16.8 Å². The van der Waals surface area contributed by atoms with E-state index in [2.05, 4.69) is 9.47 Å². The Kier molecular flexibility index (Phi) is 7.58. The average Bonchev–Trinajstić information content (AvgIpc) is 2.81. The number of methoxy groups -OCH3 is 2. The zero-order valence-corrected chi connectivity index (χ0v) is 19.4. The highest BCUT2D eigenvalue weighted by molar-refractivity contribution is 7.93. The summed E-state index contributed by atoms with van der Waals surface area (Å²) in [5.41, 5.74) is -0.0580. The number of sulfone groups is 2. The molecule has 0 amide bonds. The quantitative estimate of drug-likeness (QED) is 0.405. The summed E-state index contributed by atoms with van der Waals surface area (Å²) < 4.78 is 59.6. The van der Waals surface area contributed by atoms with Gasteiger partial charge in [-0.2, -0.15) is 0 Å². The van der Waals surface area contributed by atoms with Crippen molar-refractivity contribution in [1.29, 1.82) is 0 Å². The van der Waals surface area contributed by atoms with Gasteiger partial charge in [-0.1, -0.05) is 24.3 Å². The first-order valence-electron chi connectivity index (χ1n) is 9.26. The predicted octanol–water partition coefficient (Wildman–Crippen LogP) is 1.59. The number of carbonyl (C=O) groups is 3. The Labute approximate surface area is 186 Å². The summed E-state index contributed by atoms with van der Waals surface area (Å²) in [6.07, 6.45) is 0. The SMILES string of the molecule is COC(=O)C(C)S(=O)(=O)c1cccc(C(=O)c2cccc(S(=O)(=O)C(C)C(=O)OC)c2)c1. The highest BCUT2D eigenvalue weighted by Gasteiger charge is 2.32. The molecule has 2 aromatic rings. The summed E-state index contributed by atoms with van der Waals surface area (Å²) in [4.78, 5) is 35.8. The van der Waals surface area contributed by atoms with Crippen LogP contribution in [0.4, 0.5) is 0 Å². The topological polar surface area (TPSA) is 138 Å². The molecule has 0 spiro atoms. The van der Waals surface area contributed by atoms with Crippen LogP contribution in [0.1, 0.15) is 29.8 Å². The molecule has 0 heterocycles. The molecule has 0 saturated heterocycles. The minimum Gasteiger partial charge on any atom is -0.468 e. The van der Waals surface area contributed by atoms with Crippen molar-refractivity contribution in [2.75, 3.05) is 14.2 Å². The fourth-order valence-corrected chi connectivity index (χ4v) is 5.42. The van der Waals surface area contributed by atoms with Gasteiger partial charge in [0.1, 0.15) is 0 Å². The minimum atomic E-state index is -4.12. The summed E-state index contributed by atoms with van der Waals surface area (Å²) in [5.74, 6) is -2.53. The monoisotopic (exact) mass is 482 g/mol. The van der Waals surface area contributed by atoms with Gasteiger partial charge in [0, 0.05) is 11.1 Å². The molecular formula is C21H22O9S2. The van der Waals surface area contributed by atoms with Crippen LogP contribution in [0.2, 0.25) is 0 Å². The molecule has 0 radical (unpaired) electrons. The molecule has 0 aromatic heterocycles. The number of esters is 2. The van der Waals surface area contributed by atoms with E-state index in [9.17, 15) is 31.2 Å². The highest BCUT2D eigenvalue weighted by atomic mass is 32.2. The van der Waals surface area contributed by atoms with Gasteiger partial charge in [0.25, 0.3) is 0 Å². The van der Waals surface area contributed by atoms with Crippen molar-refractivity contribution in [3.05, 3.63) is 59.7 Å². The zero-order chi connectivity index (χ0) is 24.3. The Hall–Kier alpha value is -3.05. The third kappa shape index (κ3) is 4.89. The van der Waals surface area contributed by atoms with Crippen LogP contribution in [0.25, 0.3) is 0 Å². The number of ether oxygens (including phenoxy) is 2. The second-order valence-electron chi connectivity index (χ2n) is 6.81. The van der Waals surface area contributed by atoms with Gasteiger partial charge in [0.05, 0.1) is 24.0 Å². The second-order valence-corrected chi connectivity index (χ2v) is 11.3. The molecule has 2 atom stereocenters. The number of ketones is 1. The molecule has 2 rings (SSSR count). The standard InChI is InChI=1S/C21H22O9S2/c1-13(20(23)29-3)31(25,26)17-9-5-7-15(11-17)19(22)16-8-6-10-18(12-16)32(27,28)14(2)21(24)30-4/h5-14H,1-4H3. The normalized spacial score (nSPS) is 13.6. The highest BCUT2D eigenvalue weighted by Crippen LogP contribution is 2.23. The van der Waals surface area contributed by atoms with Gasteiger partial charge in [-0.3, -0.25) is 14.4 Å². The molecule has 11 heteroatoms. The van der Waals surface area contributed by atoms with Crippen LogP contribution in [0.15, 0.2) is 58.3 Å². The molecular weight excluding hydrogens is 460 g/mol. The van der Waals surface area contributed by atoms with Gasteiger partial charge in [-0.05, 0) is 38.1 Å². The van der Waals surface area contributed by atoms with Crippen LogP contribution in [0.5, 0.6) is 0 Å². The van der Waals surface area contributed by atoms with Crippen molar-refractivity contribution >= 4 is 37.4 Å². The molecule has 2 unspecified atom stereocenters. The summed E-state index contributed by atoms with van der Waals surface area (Å²) >= 11 is 0. The van der Waals surface area contributed by atoms with Gasteiger partial charge in [-0.15, -0.1) is 0 Å². The van der Waals surface area contributed by atoms with Crippen LogP contribution in [0, 0.1) is 0 Å². The number of rotatable bonds is 8. The fourth-order valence-electron chi connectivity index (χ4n) is 2.79. The molecule has 0 aliphatic heterocycles. The Balaban J connectivity index is 2.46. The van der Waals surface area contributed by atoms with Crippen molar-refractivity contribution in [3.8, 4) is 0 Å². The first kappa shape index (κ1) is 25.2. The third-order valence-electron chi connectivity index (χ3n) is 4.85. The Morgan fingerprint density at radius 3 is 1.34 bits per heavy atom. The van der Waals surface area contributed by atoms with E-state index in [0.717, 1.165) is 26.4 Å². The summed E-state index contributed by atoms with van der Waals surface area (Å²) in [6, 6.07) is 10.1. The Morgan fingerprint density at radius 1 is 0.688 bits per heavy atom. The predicted molar refractivity (Wildman–Crippen MR) is 114 cm³/mol. The second kappa shape index (κ2) is 9.61. The van der Waals surface area contributed by atoms with E-state index >= 15 is 0 Å². The van der Waals surface area contributed by atoms with Gasteiger partial charge in [0.2, 0.25) is 0 Å². The largest absolute Gasteiger partial charge is 0.468 e. The average molecular weight is 483 g/mol. The Bertz CT molecular complexity index is 1160. The lowest BCUT2D eigenvalue weighted by Gasteiger charge is -2.13. The molecule has 0 fully saturated rings. The molecule has 0 bridgehead atoms. The maximum Gasteiger partial charge on any atom is 0.324 e. The van der Waals surface area contributed by atoms with Crippen LogP contribution in [-0.4, -0.2) is 59.3 Å². The lowest BCUT2D eigenvalue weighted by Crippen LogP contribution is -2.28. The number of benzene rings is 2. The smallest absolute Gasteiger partial charge is 0.324 e. The van der Waals surface area contributed by atoms with Gasteiger partial charge in [0.15, 0.2) is 36.0 Å². The van der Waals surface area contributed by atoms with E-state index in [1.165, 1.54) is 50.2 Å². The van der Waals surface area contributed by atoms with Crippen LogP contribution < -0.4 is 0 Å². The molecule has 0 aliphatic carbocycles. The molecule has 0 aliphatic rings. The molecule has 32 heavy (non-hydrogen) atoms. The maximum absolute atomic E-state index is 13.0. The fraction of sp³-hybridized carbons (Fsp3) is 0.286. The van der Waals surface area contributed by atoms with E-state index in [1.807, 2.05) is 0 Å². The number of hydrogen-bond acceptors (Lipinski definition) is 9. The van der Waals surface area contributed by atoms with Crippen LogP contribution in [-0.2, 0) is 38.7 Å². The van der Waals surface area contributed by atoms with Gasteiger partial charge < -0.3 is 9.47 Å². The van der Waals surface area contributed by atoms with E-state index in [-0.39, 0.29) is 20.9 Å². The molecule has 172 valence electrons. The van der Waals surface area contributed by atoms with Crippen LogP contribution >= 0.6 is 0 Å². The van der Waals surface area contributed by atoms with Crippen molar-refractivity contribution < 1.29 is 40.7 Å². The van der Waals surface area contributed by atoms with Crippen molar-refractivity contribution in [1.82, 2.24) is 0 Å². The zero-order valence-electron chi connectivity index (χ0n) is 17.8. The number of carbonyl (C=O) groups excluding carboxylic acids is 3. The third-order valence-corrected chi connectivity index (χ3v) is 8.92. The van der Waals surface area contributed by atoms with Crippen molar-refractivity contribution in [3.63, 3.8) is 0 Å². The summed E-state index contributed by atoms with van der Waals surface area (Å²) in [5, 5.41) is -2.96.